The minimum atomic E-state index is -0.915. The number of hydrogen-bond donors (Lipinski definition) is 4. The zero-order valence-electron chi connectivity index (χ0n) is 21.4. The van der Waals surface area contributed by atoms with Gasteiger partial charge in [0.2, 0.25) is 17.7 Å². The average molecular weight is 521 g/mol. The van der Waals surface area contributed by atoms with Crippen molar-refractivity contribution in [1.29, 1.82) is 0 Å². The molecular formula is C29H36N4O5. The highest BCUT2D eigenvalue weighted by Gasteiger charge is 2.38. The molecule has 4 rings (SSSR count). The zero-order valence-corrected chi connectivity index (χ0v) is 21.4. The highest BCUT2D eigenvalue weighted by Crippen LogP contribution is 2.19. The van der Waals surface area contributed by atoms with Crippen LogP contribution in [0.15, 0.2) is 60.7 Å². The Morgan fingerprint density at radius 2 is 1.66 bits per heavy atom. The molecule has 202 valence electrons. The number of aldehydes is 1. The molecule has 2 aliphatic rings. The lowest BCUT2D eigenvalue weighted by atomic mass is 10.0. The normalized spacial score (nSPS) is 22.4. The van der Waals surface area contributed by atoms with Crippen molar-refractivity contribution in [3.63, 3.8) is 0 Å². The van der Waals surface area contributed by atoms with Crippen LogP contribution in [0.3, 0.4) is 0 Å². The highest BCUT2D eigenvalue weighted by molar-refractivity contribution is 5.90. The Labute approximate surface area is 223 Å². The Hall–Kier alpha value is -3.56. The summed E-state index contributed by atoms with van der Waals surface area (Å²) >= 11 is 0. The summed E-state index contributed by atoms with van der Waals surface area (Å²) in [4.78, 5) is 52.6. The van der Waals surface area contributed by atoms with Gasteiger partial charge in [0, 0.05) is 31.8 Å². The number of aliphatic hydroxyl groups excluding tert-OH is 1. The second kappa shape index (κ2) is 13.3. The minimum Gasteiger partial charge on any atom is -0.391 e. The van der Waals surface area contributed by atoms with Gasteiger partial charge in [0.05, 0.1) is 18.2 Å². The van der Waals surface area contributed by atoms with Crippen LogP contribution >= 0.6 is 0 Å². The third kappa shape index (κ3) is 7.49. The van der Waals surface area contributed by atoms with Crippen LogP contribution in [0.4, 0.5) is 0 Å². The van der Waals surface area contributed by atoms with Gasteiger partial charge in [0.15, 0.2) is 0 Å². The van der Waals surface area contributed by atoms with Crippen LogP contribution < -0.4 is 16.0 Å². The molecule has 2 aromatic carbocycles. The van der Waals surface area contributed by atoms with Gasteiger partial charge in [0.25, 0.3) is 0 Å². The van der Waals surface area contributed by atoms with Gasteiger partial charge in [-0.1, -0.05) is 60.7 Å². The van der Waals surface area contributed by atoms with Crippen LogP contribution in [0.1, 0.15) is 36.8 Å². The van der Waals surface area contributed by atoms with Crippen LogP contribution in [0.25, 0.3) is 0 Å². The van der Waals surface area contributed by atoms with E-state index in [1.165, 1.54) is 4.90 Å². The van der Waals surface area contributed by atoms with Crippen LogP contribution in [0, 0.1) is 0 Å². The van der Waals surface area contributed by atoms with Crippen molar-refractivity contribution in [2.24, 2.45) is 0 Å². The Morgan fingerprint density at radius 1 is 1.00 bits per heavy atom. The summed E-state index contributed by atoms with van der Waals surface area (Å²) < 4.78 is 0. The van der Waals surface area contributed by atoms with Crippen molar-refractivity contribution in [3.8, 4) is 0 Å². The second-order valence-electron chi connectivity index (χ2n) is 10.1. The monoisotopic (exact) mass is 520 g/mol. The first-order valence-electron chi connectivity index (χ1n) is 13.3. The number of nitrogens with one attached hydrogen (secondary N) is 3. The number of β-amino-alcohol motifs (C(OH)–C–C–N with tert-alkyl or cyclic N) is 1. The van der Waals surface area contributed by atoms with Crippen LogP contribution in [-0.2, 0) is 32.0 Å². The van der Waals surface area contributed by atoms with Crippen LogP contribution in [-0.4, -0.2) is 77.4 Å². The summed E-state index contributed by atoms with van der Waals surface area (Å²) in [5.74, 6) is -0.912. The van der Waals surface area contributed by atoms with Crippen molar-refractivity contribution in [3.05, 3.63) is 71.8 Å². The molecule has 9 heteroatoms. The Morgan fingerprint density at radius 3 is 2.26 bits per heavy atom. The third-order valence-corrected chi connectivity index (χ3v) is 7.16. The van der Waals surface area contributed by atoms with E-state index in [9.17, 15) is 24.3 Å². The van der Waals surface area contributed by atoms with E-state index in [-0.39, 0.29) is 43.7 Å². The number of rotatable bonds is 11. The first-order chi connectivity index (χ1) is 18.4. The highest BCUT2D eigenvalue weighted by atomic mass is 16.3. The Balaban J connectivity index is 1.48. The van der Waals surface area contributed by atoms with E-state index in [2.05, 4.69) is 16.0 Å². The van der Waals surface area contributed by atoms with Crippen molar-refractivity contribution >= 4 is 24.0 Å². The summed E-state index contributed by atoms with van der Waals surface area (Å²) in [7, 11) is 0. The molecule has 38 heavy (non-hydrogen) atoms. The van der Waals surface area contributed by atoms with Crippen molar-refractivity contribution in [2.75, 3.05) is 13.1 Å². The predicted octanol–water partition coefficient (Wildman–Crippen LogP) is 0.744. The van der Waals surface area contributed by atoms with E-state index in [4.69, 9.17) is 0 Å². The summed E-state index contributed by atoms with van der Waals surface area (Å²) in [5, 5.41) is 19.1. The molecule has 2 saturated heterocycles. The van der Waals surface area contributed by atoms with Gasteiger partial charge in [-0.05, 0) is 36.9 Å². The zero-order chi connectivity index (χ0) is 26.9. The fourth-order valence-corrected chi connectivity index (χ4v) is 5.24. The van der Waals surface area contributed by atoms with Gasteiger partial charge < -0.3 is 30.8 Å². The number of amides is 3. The van der Waals surface area contributed by atoms with Gasteiger partial charge in [-0.2, -0.15) is 0 Å². The first-order valence-corrected chi connectivity index (χ1v) is 13.3. The summed E-state index contributed by atoms with van der Waals surface area (Å²) in [5.41, 5.74) is 1.84. The molecule has 0 aromatic heterocycles. The predicted molar refractivity (Wildman–Crippen MR) is 142 cm³/mol. The minimum absolute atomic E-state index is 0.00828. The first kappa shape index (κ1) is 27.5. The van der Waals surface area contributed by atoms with E-state index >= 15 is 0 Å². The average Bonchev–Trinajstić information content (AvgIpc) is 3.59. The summed E-state index contributed by atoms with van der Waals surface area (Å²) in [6.07, 6.45) is 2.45. The molecule has 0 radical (unpaired) electrons. The molecule has 5 unspecified atom stereocenters. The van der Waals surface area contributed by atoms with Gasteiger partial charge in [-0.15, -0.1) is 0 Å². The molecular weight excluding hydrogens is 484 g/mol. The number of carbonyl (C=O) groups is 4. The Bertz CT molecular complexity index is 1090. The summed E-state index contributed by atoms with van der Waals surface area (Å²) in [6.45, 7) is 0.836. The lowest BCUT2D eigenvalue weighted by Crippen LogP contribution is -2.53. The number of carbonyl (C=O) groups excluding carboxylic acids is 4. The molecule has 0 bridgehead atoms. The van der Waals surface area contributed by atoms with Crippen molar-refractivity contribution in [1.82, 2.24) is 20.9 Å². The lowest BCUT2D eigenvalue weighted by molar-refractivity contribution is -0.139. The number of nitrogens with zero attached hydrogens (tertiary/aromatic N) is 1. The maximum absolute atomic E-state index is 13.5. The molecule has 2 heterocycles. The molecule has 3 amide bonds. The van der Waals surface area contributed by atoms with Crippen LogP contribution in [0.5, 0.6) is 0 Å². The SMILES string of the molecule is O=CC1CC(O)CN1C(=O)C(Cc1ccccc1)NC(=O)CC(Cc1ccccc1)NC(=O)C1CCCN1. The largest absolute Gasteiger partial charge is 0.391 e. The van der Waals surface area contributed by atoms with Gasteiger partial charge in [-0.25, -0.2) is 0 Å². The molecule has 2 fully saturated rings. The maximum Gasteiger partial charge on any atom is 0.246 e. The molecule has 9 nitrogen and oxygen atoms in total. The quantitative estimate of drug-likeness (QED) is 0.324. The second-order valence-corrected chi connectivity index (χ2v) is 10.1. The topological polar surface area (TPSA) is 128 Å². The fraction of sp³-hybridized carbons (Fsp3) is 0.448. The van der Waals surface area contributed by atoms with E-state index in [0.717, 1.165) is 30.5 Å². The van der Waals surface area contributed by atoms with E-state index in [1.54, 1.807) is 0 Å². The summed E-state index contributed by atoms with van der Waals surface area (Å²) in [6, 6.07) is 16.6. The standard InChI is InChI=1S/C29H36N4O5/c34-19-23-17-24(35)18-33(23)29(38)26(15-21-10-5-2-6-11-21)32-27(36)16-22(14-20-8-3-1-4-9-20)31-28(37)25-12-7-13-30-25/h1-6,8-11,19,22-26,30,35H,7,12-18H2,(H,31,37)(H,32,36). The number of benzene rings is 2. The third-order valence-electron chi connectivity index (χ3n) is 7.16. The molecule has 0 spiro atoms. The molecule has 2 aromatic rings. The van der Waals surface area contributed by atoms with Gasteiger partial charge in [-0.3, -0.25) is 14.4 Å². The van der Waals surface area contributed by atoms with E-state index in [1.807, 2.05) is 60.7 Å². The van der Waals surface area contributed by atoms with Gasteiger partial charge >= 0.3 is 0 Å². The number of likely N-dealkylation sites (tertiary alicyclic amines) is 1. The molecule has 4 N–H and O–H groups in total. The lowest BCUT2D eigenvalue weighted by Gasteiger charge is -2.28. The van der Waals surface area contributed by atoms with E-state index < -0.39 is 30.1 Å². The molecule has 5 atom stereocenters. The van der Waals surface area contributed by atoms with Crippen molar-refractivity contribution < 1.29 is 24.3 Å². The molecule has 2 aliphatic heterocycles. The number of aliphatic hydroxyl groups is 1. The van der Waals surface area contributed by atoms with E-state index in [0.29, 0.717) is 12.7 Å². The molecule has 0 saturated carbocycles. The van der Waals surface area contributed by atoms with Gasteiger partial charge in [0.1, 0.15) is 12.3 Å². The fourth-order valence-electron chi connectivity index (χ4n) is 5.24. The molecule has 0 aliphatic carbocycles. The maximum atomic E-state index is 13.5. The number of hydrogen-bond acceptors (Lipinski definition) is 6. The van der Waals surface area contributed by atoms with Crippen molar-refractivity contribution in [2.45, 2.75) is 68.8 Å². The van der Waals surface area contributed by atoms with Crippen LogP contribution in [0.2, 0.25) is 0 Å². The Kier molecular flexibility index (Phi) is 9.62. The smallest absolute Gasteiger partial charge is 0.246 e.